The van der Waals surface area contributed by atoms with Gasteiger partial charge in [0, 0.05) is 24.0 Å². The van der Waals surface area contributed by atoms with E-state index in [1.54, 1.807) is 0 Å². The fourth-order valence-electron chi connectivity index (χ4n) is 1.79. The fourth-order valence-corrected chi connectivity index (χ4v) is 1.79. The number of rotatable bonds is 1. The van der Waals surface area contributed by atoms with Gasteiger partial charge in [0.25, 0.3) is 0 Å². The Morgan fingerprint density at radius 2 is 1.67 bits per heavy atom. The van der Waals surface area contributed by atoms with Crippen LogP contribution < -0.4 is 0 Å². The standard InChI is InChI=1S/C13H7F3N2/c14-8-1-3-10(11(16)5-8)12-7-18-6-9(15)2-4-13(18)17-12/h1-7H. The Kier molecular flexibility index (Phi) is 2.33. The first-order valence-electron chi connectivity index (χ1n) is 5.23. The summed E-state index contributed by atoms with van der Waals surface area (Å²) in [6.45, 7) is 0. The summed E-state index contributed by atoms with van der Waals surface area (Å²) in [4.78, 5) is 4.15. The molecule has 0 spiro atoms. The first-order valence-corrected chi connectivity index (χ1v) is 5.23. The Bertz CT molecular complexity index is 734. The summed E-state index contributed by atoms with van der Waals surface area (Å²) in [5.74, 6) is -1.75. The molecule has 2 aromatic heterocycles. The van der Waals surface area contributed by atoms with Crippen LogP contribution in [0.5, 0.6) is 0 Å². The Morgan fingerprint density at radius 3 is 2.44 bits per heavy atom. The first kappa shape index (κ1) is 10.8. The topological polar surface area (TPSA) is 17.3 Å². The van der Waals surface area contributed by atoms with Gasteiger partial charge in [-0.1, -0.05) is 0 Å². The molecule has 0 bridgehead atoms. The zero-order valence-electron chi connectivity index (χ0n) is 9.07. The predicted octanol–water partition coefficient (Wildman–Crippen LogP) is 3.42. The molecule has 0 aliphatic carbocycles. The van der Waals surface area contributed by atoms with Crippen LogP contribution >= 0.6 is 0 Å². The Balaban J connectivity index is 2.19. The molecule has 0 saturated heterocycles. The maximum atomic E-state index is 13.6. The molecule has 3 rings (SSSR count). The zero-order valence-corrected chi connectivity index (χ0v) is 9.07. The van der Waals surface area contributed by atoms with E-state index in [-0.39, 0.29) is 5.56 Å². The lowest BCUT2D eigenvalue weighted by atomic mass is 10.1. The van der Waals surface area contributed by atoms with E-state index in [9.17, 15) is 13.2 Å². The summed E-state index contributed by atoms with van der Waals surface area (Å²) < 4.78 is 40.8. The number of hydrogen-bond acceptors (Lipinski definition) is 1. The lowest BCUT2D eigenvalue weighted by Crippen LogP contribution is -1.85. The summed E-state index contributed by atoms with van der Waals surface area (Å²) in [7, 11) is 0. The molecule has 0 atom stereocenters. The largest absolute Gasteiger partial charge is 0.304 e. The van der Waals surface area contributed by atoms with Gasteiger partial charge >= 0.3 is 0 Å². The van der Waals surface area contributed by atoms with Gasteiger partial charge in [0.1, 0.15) is 23.1 Å². The third-order valence-corrected chi connectivity index (χ3v) is 2.62. The van der Waals surface area contributed by atoms with Crippen LogP contribution in [0.1, 0.15) is 0 Å². The second-order valence-corrected chi connectivity index (χ2v) is 3.86. The Morgan fingerprint density at radius 1 is 0.889 bits per heavy atom. The smallest absolute Gasteiger partial charge is 0.139 e. The molecule has 0 fully saturated rings. The number of aromatic nitrogens is 2. The summed E-state index contributed by atoms with van der Waals surface area (Å²) in [5, 5.41) is 0. The van der Waals surface area contributed by atoms with Crippen molar-refractivity contribution in [2.24, 2.45) is 0 Å². The first-order chi connectivity index (χ1) is 8.63. The van der Waals surface area contributed by atoms with Crippen LogP contribution in [0, 0.1) is 17.5 Å². The molecule has 0 amide bonds. The second-order valence-electron chi connectivity index (χ2n) is 3.86. The number of fused-ring (bicyclic) bond motifs is 1. The van der Waals surface area contributed by atoms with E-state index in [1.165, 1.54) is 35.0 Å². The second kappa shape index (κ2) is 3.87. The third kappa shape index (κ3) is 1.73. The van der Waals surface area contributed by atoms with Crippen LogP contribution in [-0.4, -0.2) is 9.38 Å². The average molecular weight is 248 g/mol. The molecule has 0 N–H and O–H groups in total. The fraction of sp³-hybridized carbons (Fsp3) is 0. The van der Waals surface area contributed by atoms with Crippen molar-refractivity contribution < 1.29 is 13.2 Å². The Hall–Kier alpha value is -2.30. The van der Waals surface area contributed by atoms with Gasteiger partial charge in [0.2, 0.25) is 0 Å². The van der Waals surface area contributed by atoms with Gasteiger partial charge in [-0.3, -0.25) is 0 Å². The van der Waals surface area contributed by atoms with E-state index in [1.807, 2.05) is 0 Å². The van der Waals surface area contributed by atoms with Crippen molar-refractivity contribution in [3.63, 3.8) is 0 Å². The van der Waals surface area contributed by atoms with Crippen molar-refractivity contribution in [1.82, 2.24) is 9.38 Å². The number of benzene rings is 1. The van der Waals surface area contributed by atoms with Crippen molar-refractivity contribution in [1.29, 1.82) is 0 Å². The molecule has 0 aliphatic heterocycles. The summed E-state index contributed by atoms with van der Waals surface area (Å²) >= 11 is 0. The highest BCUT2D eigenvalue weighted by Gasteiger charge is 2.10. The highest BCUT2D eigenvalue weighted by atomic mass is 19.1. The number of imidazole rings is 1. The predicted molar refractivity (Wildman–Crippen MR) is 60.5 cm³/mol. The van der Waals surface area contributed by atoms with Gasteiger partial charge in [-0.15, -0.1) is 0 Å². The van der Waals surface area contributed by atoms with Gasteiger partial charge < -0.3 is 4.40 Å². The summed E-state index contributed by atoms with van der Waals surface area (Å²) in [5.41, 5.74) is 1.01. The molecule has 90 valence electrons. The molecule has 2 heterocycles. The molecule has 0 aliphatic rings. The summed E-state index contributed by atoms with van der Waals surface area (Å²) in [6, 6.07) is 6.01. The summed E-state index contributed by atoms with van der Waals surface area (Å²) in [6.07, 6.45) is 2.74. The Labute approximate surface area is 100 Å². The molecule has 0 unspecified atom stereocenters. The number of pyridine rings is 1. The van der Waals surface area contributed by atoms with Crippen LogP contribution in [0.15, 0.2) is 42.7 Å². The molecule has 0 radical (unpaired) electrons. The van der Waals surface area contributed by atoms with Crippen molar-refractivity contribution in [2.75, 3.05) is 0 Å². The quantitative estimate of drug-likeness (QED) is 0.645. The van der Waals surface area contributed by atoms with E-state index in [2.05, 4.69) is 4.98 Å². The number of hydrogen-bond donors (Lipinski definition) is 0. The van der Waals surface area contributed by atoms with Crippen LogP contribution in [-0.2, 0) is 0 Å². The van der Waals surface area contributed by atoms with Gasteiger partial charge in [-0.2, -0.15) is 0 Å². The monoisotopic (exact) mass is 248 g/mol. The molecule has 2 nitrogen and oxygen atoms in total. The van der Waals surface area contributed by atoms with Gasteiger partial charge in [0.15, 0.2) is 0 Å². The van der Waals surface area contributed by atoms with Crippen LogP contribution in [0.2, 0.25) is 0 Å². The van der Waals surface area contributed by atoms with Crippen molar-refractivity contribution in [3.8, 4) is 11.3 Å². The minimum Gasteiger partial charge on any atom is -0.304 e. The van der Waals surface area contributed by atoms with Crippen molar-refractivity contribution in [2.45, 2.75) is 0 Å². The van der Waals surface area contributed by atoms with Crippen molar-refractivity contribution in [3.05, 3.63) is 60.2 Å². The third-order valence-electron chi connectivity index (χ3n) is 2.62. The lowest BCUT2D eigenvalue weighted by Gasteiger charge is -1.98. The van der Waals surface area contributed by atoms with Gasteiger partial charge in [-0.05, 0) is 24.3 Å². The number of halogens is 3. The lowest BCUT2D eigenvalue weighted by molar-refractivity contribution is 0.585. The van der Waals surface area contributed by atoms with E-state index >= 15 is 0 Å². The minimum atomic E-state index is -0.695. The van der Waals surface area contributed by atoms with Crippen LogP contribution in [0.25, 0.3) is 16.9 Å². The average Bonchev–Trinajstić information content (AvgIpc) is 2.71. The maximum absolute atomic E-state index is 13.6. The van der Waals surface area contributed by atoms with Crippen molar-refractivity contribution >= 4 is 5.65 Å². The SMILES string of the molecule is Fc1ccc(-c2cn3cc(F)ccc3n2)c(F)c1. The van der Waals surface area contributed by atoms with Gasteiger partial charge in [-0.25, -0.2) is 18.2 Å². The van der Waals surface area contributed by atoms with Crippen LogP contribution in [0.4, 0.5) is 13.2 Å². The van der Waals surface area contributed by atoms with E-state index in [0.717, 1.165) is 12.1 Å². The van der Waals surface area contributed by atoms with E-state index in [0.29, 0.717) is 11.3 Å². The molecule has 1 aromatic carbocycles. The molecule has 5 heteroatoms. The highest BCUT2D eigenvalue weighted by Crippen LogP contribution is 2.23. The molecule has 3 aromatic rings. The molecule has 18 heavy (non-hydrogen) atoms. The minimum absolute atomic E-state index is 0.181. The zero-order chi connectivity index (χ0) is 12.7. The molecular formula is C13H7F3N2. The highest BCUT2D eigenvalue weighted by molar-refractivity contribution is 5.63. The molecule has 0 saturated carbocycles. The molecular weight excluding hydrogens is 241 g/mol. The number of nitrogens with zero attached hydrogens (tertiary/aromatic N) is 2. The normalized spacial score (nSPS) is 11.1. The van der Waals surface area contributed by atoms with E-state index < -0.39 is 17.5 Å². The van der Waals surface area contributed by atoms with E-state index in [4.69, 9.17) is 0 Å². The maximum Gasteiger partial charge on any atom is 0.139 e. The van der Waals surface area contributed by atoms with Gasteiger partial charge in [0.05, 0.1) is 5.69 Å². The van der Waals surface area contributed by atoms with Crippen LogP contribution in [0.3, 0.4) is 0 Å².